The first kappa shape index (κ1) is 37.8. The van der Waals surface area contributed by atoms with Gasteiger partial charge in [0.05, 0.1) is 37.2 Å². The van der Waals surface area contributed by atoms with Gasteiger partial charge in [-0.3, -0.25) is 13.8 Å². The molecule has 10 nitrogen and oxygen atoms in total. The molecule has 0 saturated heterocycles. The van der Waals surface area contributed by atoms with Crippen molar-refractivity contribution in [1.29, 1.82) is 0 Å². The lowest BCUT2D eigenvalue weighted by molar-refractivity contribution is -0.192. The zero-order chi connectivity index (χ0) is 36.4. The van der Waals surface area contributed by atoms with Crippen molar-refractivity contribution in [3.05, 3.63) is 83.9 Å². The number of hydrogen-bond donors (Lipinski definition) is 4. The van der Waals surface area contributed by atoms with Crippen LogP contribution in [0.3, 0.4) is 0 Å². The fourth-order valence-corrected chi connectivity index (χ4v) is 6.16. The number of halogens is 3. The van der Waals surface area contributed by atoms with Gasteiger partial charge in [0.25, 0.3) is 0 Å². The van der Waals surface area contributed by atoms with Crippen LogP contribution in [0.1, 0.15) is 55.2 Å². The van der Waals surface area contributed by atoms with Crippen LogP contribution in [0.25, 0.3) is 32.9 Å². The maximum Gasteiger partial charge on any atom is 0.490 e. The number of carbonyl (C=O) groups is 3. The number of unbranched alkanes of at least 4 members (excludes halogenated alkanes) is 2. The number of carboxylic acids is 1. The number of rotatable bonds is 14. The van der Waals surface area contributed by atoms with Crippen LogP contribution in [0.5, 0.6) is 5.75 Å². The number of aromatic nitrogens is 3. The van der Waals surface area contributed by atoms with Crippen molar-refractivity contribution in [2.24, 2.45) is 0 Å². The number of amides is 1. The summed E-state index contributed by atoms with van der Waals surface area (Å²) >= 11 is 0. The van der Waals surface area contributed by atoms with Crippen molar-refractivity contribution >= 4 is 50.1 Å². The van der Waals surface area contributed by atoms with Crippen molar-refractivity contribution in [3.63, 3.8) is 0 Å². The van der Waals surface area contributed by atoms with Crippen LogP contribution < -0.4 is 10.1 Å². The molecule has 0 bridgehead atoms. The number of H-pyrrole nitrogens is 2. The predicted molar refractivity (Wildman–Crippen MR) is 186 cm³/mol. The summed E-state index contributed by atoms with van der Waals surface area (Å²) in [5.41, 5.74) is 4.76. The monoisotopic (exact) mass is 712 g/mol. The van der Waals surface area contributed by atoms with Crippen molar-refractivity contribution < 1.29 is 41.6 Å². The minimum absolute atomic E-state index is 0.0301. The molecule has 266 valence electrons. The van der Waals surface area contributed by atoms with E-state index in [4.69, 9.17) is 19.6 Å². The lowest BCUT2D eigenvalue weighted by atomic mass is 10.0. The van der Waals surface area contributed by atoms with Crippen molar-refractivity contribution in [2.45, 2.75) is 57.7 Å². The van der Waals surface area contributed by atoms with Crippen molar-refractivity contribution in [1.82, 2.24) is 20.3 Å². The number of methoxy groups -OCH3 is 1. The average molecular weight is 713 g/mol. The molecule has 0 aliphatic carbocycles. The molecular weight excluding hydrogens is 673 g/mol. The normalized spacial score (nSPS) is 12.6. The first-order chi connectivity index (χ1) is 23.7. The van der Waals surface area contributed by atoms with Gasteiger partial charge in [0.2, 0.25) is 5.91 Å². The number of nitrogens with zero attached hydrogens (tertiary/aromatic N) is 1. The Bertz CT molecular complexity index is 1990. The lowest BCUT2D eigenvalue weighted by Gasteiger charge is -2.17. The van der Waals surface area contributed by atoms with Crippen LogP contribution >= 0.6 is 0 Å². The van der Waals surface area contributed by atoms with Crippen molar-refractivity contribution in [2.75, 3.05) is 19.1 Å². The molecule has 2 aromatic heterocycles. The van der Waals surface area contributed by atoms with Crippen LogP contribution in [-0.2, 0) is 31.6 Å². The second-order valence-corrected chi connectivity index (χ2v) is 13.3. The largest absolute Gasteiger partial charge is 0.497 e. The number of alkyl halides is 3. The number of ether oxygens (including phenoxy) is 1. The highest BCUT2D eigenvalue weighted by molar-refractivity contribution is 7.85. The number of carboxylic acid groups (broad SMARTS) is 1. The Hall–Kier alpha value is -4.98. The predicted octanol–water partition coefficient (Wildman–Crippen LogP) is 6.96. The van der Waals surface area contributed by atoms with Crippen LogP contribution in [-0.4, -0.2) is 67.2 Å². The number of Topliss-reactive ketones (excluding diaryl/α,β-unsaturated/α-hetero) is 1. The van der Waals surface area contributed by atoms with E-state index in [0.717, 1.165) is 63.8 Å². The first-order valence-electron chi connectivity index (χ1n) is 15.9. The Morgan fingerprint density at radius 1 is 1.00 bits per heavy atom. The van der Waals surface area contributed by atoms with Gasteiger partial charge in [-0.2, -0.15) is 13.2 Å². The van der Waals surface area contributed by atoms with Crippen molar-refractivity contribution in [3.8, 4) is 17.0 Å². The Kier molecular flexibility index (Phi) is 12.9. The molecule has 0 saturated carbocycles. The number of carbonyl (C=O) groups excluding carboxylic acids is 2. The molecule has 4 N–H and O–H groups in total. The Balaban J connectivity index is 0.000000727. The van der Waals surface area contributed by atoms with Gasteiger partial charge in [0, 0.05) is 45.6 Å². The number of aryl methyl sites for hydroxylation is 1. The van der Waals surface area contributed by atoms with Gasteiger partial charge in [-0.25, -0.2) is 9.78 Å². The van der Waals surface area contributed by atoms with Gasteiger partial charge < -0.3 is 25.1 Å². The topological polar surface area (TPSA) is 154 Å². The SMILES string of the molecule is COc1ccc2[nH]c(C)c(CC(=O)N[C@@H](CCCCCC(=O)CS(C)=O)c3ncc(-c4ccc5ccccc5c4)[nH]3)c2c1.O=C(O)C(F)(F)F. The highest BCUT2D eigenvalue weighted by Crippen LogP contribution is 2.29. The molecule has 0 fully saturated rings. The summed E-state index contributed by atoms with van der Waals surface area (Å²) in [6.45, 7) is 1.98. The molecule has 5 aromatic rings. The zero-order valence-corrected chi connectivity index (χ0v) is 28.7. The molecular formula is C36H39F3N4O6S. The third kappa shape index (κ3) is 10.5. The van der Waals surface area contributed by atoms with Crippen LogP contribution in [0.2, 0.25) is 0 Å². The van der Waals surface area contributed by atoms with Gasteiger partial charge in [-0.05, 0) is 60.4 Å². The molecule has 3 aromatic carbocycles. The van der Waals surface area contributed by atoms with Gasteiger partial charge in [0.1, 0.15) is 17.4 Å². The van der Waals surface area contributed by atoms with E-state index in [1.54, 1.807) is 13.4 Å². The van der Waals surface area contributed by atoms with Gasteiger partial charge in [-0.15, -0.1) is 0 Å². The fourth-order valence-electron chi connectivity index (χ4n) is 5.56. The number of imidazole rings is 1. The number of ketones is 1. The van der Waals surface area contributed by atoms with Crippen LogP contribution in [0.15, 0.2) is 66.9 Å². The highest BCUT2D eigenvalue weighted by atomic mass is 32.2. The second kappa shape index (κ2) is 17.1. The molecule has 1 unspecified atom stereocenters. The minimum atomic E-state index is -5.08. The average Bonchev–Trinajstić information content (AvgIpc) is 3.68. The molecule has 0 aliphatic rings. The van der Waals surface area contributed by atoms with E-state index in [0.29, 0.717) is 18.7 Å². The zero-order valence-electron chi connectivity index (χ0n) is 27.9. The minimum Gasteiger partial charge on any atom is -0.497 e. The lowest BCUT2D eigenvalue weighted by Crippen LogP contribution is -2.30. The number of fused-ring (bicyclic) bond motifs is 2. The number of nitrogens with one attached hydrogen (secondary N) is 3. The highest BCUT2D eigenvalue weighted by Gasteiger charge is 2.38. The Labute approximate surface area is 289 Å². The smallest absolute Gasteiger partial charge is 0.490 e. The molecule has 1 amide bonds. The third-order valence-corrected chi connectivity index (χ3v) is 8.77. The number of hydrogen-bond acceptors (Lipinski definition) is 6. The Morgan fingerprint density at radius 3 is 2.40 bits per heavy atom. The molecule has 5 rings (SSSR count). The summed E-state index contributed by atoms with van der Waals surface area (Å²) in [7, 11) is 0.524. The van der Waals surface area contributed by atoms with E-state index in [1.807, 2.05) is 43.5 Å². The summed E-state index contributed by atoms with van der Waals surface area (Å²) in [4.78, 5) is 45.9. The maximum absolute atomic E-state index is 13.5. The summed E-state index contributed by atoms with van der Waals surface area (Å²) in [5, 5.41) is 13.6. The number of benzene rings is 3. The summed E-state index contributed by atoms with van der Waals surface area (Å²) in [5.74, 6) is -1.27. The molecule has 50 heavy (non-hydrogen) atoms. The van der Waals surface area contributed by atoms with Gasteiger partial charge >= 0.3 is 12.1 Å². The molecule has 0 spiro atoms. The van der Waals surface area contributed by atoms with Gasteiger partial charge in [-0.1, -0.05) is 49.2 Å². The molecule has 0 aliphatic heterocycles. The third-order valence-electron chi connectivity index (χ3n) is 8.04. The molecule has 2 atom stereocenters. The van der Waals surface area contributed by atoms with E-state index < -0.39 is 22.9 Å². The second-order valence-electron chi connectivity index (χ2n) is 11.8. The van der Waals surface area contributed by atoms with Gasteiger partial charge in [0.15, 0.2) is 0 Å². The standard InChI is InChI=1S/C34H38N4O4S.C2HF3O2/c1-22-28(29-18-27(42-2)15-16-30(29)36-22)19-33(40)37-31(12-6-4-5-11-26(39)21-43(3)41)34-35-20-32(38-34)25-14-13-23-9-7-8-10-24(23)17-25;3-2(4,5)1(6)7/h7-10,13-18,20,31,36H,4-6,11-12,19,21H2,1-3H3,(H,35,38)(H,37,40);(H,6,7)/t31-,43?;/m0./s1. The van der Waals surface area contributed by atoms with Crippen LogP contribution in [0, 0.1) is 6.92 Å². The Morgan fingerprint density at radius 2 is 1.72 bits per heavy atom. The van der Waals surface area contributed by atoms with E-state index in [2.05, 4.69) is 45.6 Å². The van der Waals surface area contributed by atoms with E-state index in [-0.39, 0.29) is 29.9 Å². The number of aliphatic carboxylic acids is 1. The van der Waals surface area contributed by atoms with Crippen LogP contribution in [0.4, 0.5) is 13.2 Å². The fraction of sp³-hybridized carbons (Fsp3) is 0.333. The molecule has 2 heterocycles. The van der Waals surface area contributed by atoms with E-state index in [9.17, 15) is 27.0 Å². The summed E-state index contributed by atoms with van der Waals surface area (Å²) in [6, 6.07) is 20.0. The summed E-state index contributed by atoms with van der Waals surface area (Å²) < 4.78 is 48.5. The number of aromatic amines is 2. The van der Waals surface area contributed by atoms with E-state index >= 15 is 0 Å². The quantitative estimate of drug-likeness (QED) is 0.0908. The summed E-state index contributed by atoms with van der Waals surface area (Å²) in [6.07, 6.45) is 1.96. The maximum atomic E-state index is 13.5. The molecule has 14 heteroatoms. The van der Waals surface area contributed by atoms with E-state index in [1.165, 1.54) is 5.39 Å². The molecule has 0 radical (unpaired) electrons. The first-order valence-corrected chi connectivity index (χ1v) is 17.6.